The molecule has 0 radical (unpaired) electrons. The highest BCUT2D eigenvalue weighted by Crippen LogP contribution is 2.32. The van der Waals surface area contributed by atoms with Gasteiger partial charge in [0.1, 0.15) is 5.82 Å². The van der Waals surface area contributed by atoms with Gasteiger partial charge in [-0.1, -0.05) is 23.7 Å². The van der Waals surface area contributed by atoms with Crippen LogP contribution >= 0.6 is 11.6 Å². The maximum atomic E-state index is 12.9. The van der Waals surface area contributed by atoms with Crippen LogP contribution < -0.4 is 5.32 Å². The topological polar surface area (TPSA) is 12.0 Å². The molecule has 0 bridgehead atoms. The van der Waals surface area contributed by atoms with E-state index in [0.717, 1.165) is 18.2 Å². The van der Waals surface area contributed by atoms with Crippen molar-refractivity contribution in [1.29, 1.82) is 0 Å². The Morgan fingerprint density at radius 3 is 2.43 bits per heavy atom. The molecule has 0 amide bonds. The first-order valence-corrected chi connectivity index (χ1v) is 6.51. The molecule has 0 aliphatic carbocycles. The van der Waals surface area contributed by atoms with E-state index in [-0.39, 0.29) is 11.6 Å². The second-order valence-electron chi connectivity index (χ2n) is 4.62. The van der Waals surface area contributed by atoms with Crippen LogP contribution in [0.15, 0.2) is 36.4 Å². The van der Waals surface area contributed by atoms with E-state index in [1.54, 1.807) is 6.92 Å². The van der Waals surface area contributed by atoms with Crippen molar-refractivity contribution in [3.63, 3.8) is 0 Å². The molecule has 2 aromatic rings. The van der Waals surface area contributed by atoms with E-state index in [4.69, 9.17) is 11.6 Å². The summed E-state index contributed by atoms with van der Waals surface area (Å²) in [6, 6.07) is 7.39. The summed E-state index contributed by atoms with van der Waals surface area (Å²) < 4.78 is 51.0. The monoisotopic (exact) mass is 317 g/mol. The molecule has 0 aliphatic heterocycles. The van der Waals surface area contributed by atoms with Gasteiger partial charge in [-0.25, -0.2) is 4.39 Å². The van der Waals surface area contributed by atoms with Gasteiger partial charge in [-0.15, -0.1) is 0 Å². The molecule has 1 N–H and O–H groups in total. The number of halogens is 5. The summed E-state index contributed by atoms with van der Waals surface area (Å²) in [6.45, 7) is 1.91. The third-order valence-electron chi connectivity index (χ3n) is 3.05. The molecule has 0 spiro atoms. The minimum atomic E-state index is -4.39. The zero-order valence-electron chi connectivity index (χ0n) is 11.1. The Labute approximate surface area is 124 Å². The van der Waals surface area contributed by atoms with Crippen molar-refractivity contribution in [1.82, 2.24) is 0 Å². The smallest absolute Gasteiger partial charge is 0.381 e. The van der Waals surface area contributed by atoms with Gasteiger partial charge in [0.05, 0.1) is 5.56 Å². The van der Waals surface area contributed by atoms with Gasteiger partial charge >= 0.3 is 6.18 Å². The number of nitrogens with one attached hydrogen (secondary N) is 1. The van der Waals surface area contributed by atoms with E-state index in [1.165, 1.54) is 18.2 Å². The quantitative estimate of drug-likeness (QED) is 0.745. The zero-order valence-corrected chi connectivity index (χ0v) is 11.8. The van der Waals surface area contributed by atoms with E-state index in [1.807, 2.05) is 0 Å². The molecule has 112 valence electrons. The van der Waals surface area contributed by atoms with Crippen molar-refractivity contribution in [2.24, 2.45) is 0 Å². The Hall–Kier alpha value is -1.75. The van der Waals surface area contributed by atoms with Crippen LogP contribution in [0.25, 0.3) is 0 Å². The molecule has 0 aromatic heterocycles. The molecule has 0 unspecified atom stereocenters. The van der Waals surface area contributed by atoms with Gasteiger partial charge in [-0.05, 0) is 42.3 Å². The molecule has 0 fully saturated rings. The molecule has 0 atom stereocenters. The summed E-state index contributed by atoms with van der Waals surface area (Å²) in [5.74, 6) is -0.459. The van der Waals surface area contributed by atoms with E-state index >= 15 is 0 Å². The lowest BCUT2D eigenvalue weighted by Gasteiger charge is -2.14. The molecule has 0 saturated heterocycles. The van der Waals surface area contributed by atoms with Crippen LogP contribution in [0.5, 0.6) is 0 Å². The van der Waals surface area contributed by atoms with Crippen molar-refractivity contribution in [2.45, 2.75) is 19.6 Å². The SMILES string of the molecule is Cc1ccc(C(F)(F)F)cc1NCc1ccc(F)cc1Cl. The molecular weight excluding hydrogens is 306 g/mol. The van der Waals surface area contributed by atoms with Crippen LogP contribution in [-0.2, 0) is 12.7 Å². The standard InChI is InChI=1S/C15H12ClF4N/c1-9-2-4-11(15(18,19)20)6-14(9)21-8-10-3-5-12(17)7-13(10)16/h2-7,21H,8H2,1H3. The number of benzene rings is 2. The van der Waals surface area contributed by atoms with Gasteiger partial charge in [0.2, 0.25) is 0 Å². The maximum Gasteiger partial charge on any atom is 0.416 e. The lowest BCUT2D eigenvalue weighted by Crippen LogP contribution is -2.08. The fourth-order valence-electron chi connectivity index (χ4n) is 1.84. The molecule has 2 rings (SSSR count). The lowest BCUT2D eigenvalue weighted by molar-refractivity contribution is -0.137. The van der Waals surface area contributed by atoms with E-state index in [9.17, 15) is 17.6 Å². The van der Waals surface area contributed by atoms with Crippen molar-refractivity contribution < 1.29 is 17.6 Å². The Bertz CT molecular complexity index is 653. The van der Waals surface area contributed by atoms with Gasteiger partial charge in [-0.3, -0.25) is 0 Å². The third kappa shape index (κ3) is 3.88. The van der Waals surface area contributed by atoms with Crippen LogP contribution in [0.4, 0.5) is 23.2 Å². The number of aryl methyl sites for hydroxylation is 1. The van der Waals surface area contributed by atoms with Gasteiger partial charge in [0.15, 0.2) is 0 Å². The number of hydrogen-bond donors (Lipinski definition) is 1. The average molecular weight is 318 g/mol. The highest BCUT2D eigenvalue weighted by molar-refractivity contribution is 6.31. The fourth-order valence-corrected chi connectivity index (χ4v) is 2.08. The van der Waals surface area contributed by atoms with E-state index < -0.39 is 17.6 Å². The Kier molecular flexibility index (Phi) is 4.42. The number of anilines is 1. The minimum Gasteiger partial charge on any atom is -0.381 e. The van der Waals surface area contributed by atoms with Crippen molar-refractivity contribution in [3.8, 4) is 0 Å². The van der Waals surface area contributed by atoms with Crippen LogP contribution in [-0.4, -0.2) is 0 Å². The van der Waals surface area contributed by atoms with Crippen LogP contribution in [0.2, 0.25) is 5.02 Å². The Morgan fingerprint density at radius 1 is 1.10 bits per heavy atom. The number of alkyl halides is 3. The summed E-state index contributed by atoms with van der Waals surface area (Å²) in [4.78, 5) is 0. The molecule has 0 aliphatic rings. The number of hydrogen-bond acceptors (Lipinski definition) is 1. The van der Waals surface area contributed by atoms with E-state index in [2.05, 4.69) is 5.32 Å². The highest BCUT2D eigenvalue weighted by atomic mass is 35.5. The minimum absolute atomic E-state index is 0.210. The maximum absolute atomic E-state index is 12.9. The summed E-state index contributed by atoms with van der Waals surface area (Å²) in [7, 11) is 0. The van der Waals surface area contributed by atoms with Crippen LogP contribution in [0.1, 0.15) is 16.7 Å². The normalized spacial score (nSPS) is 11.5. The van der Waals surface area contributed by atoms with Crippen molar-refractivity contribution in [2.75, 3.05) is 5.32 Å². The first kappa shape index (κ1) is 15.6. The average Bonchev–Trinajstić information content (AvgIpc) is 2.38. The van der Waals surface area contributed by atoms with Gasteiger partial charge in [0, 0.05) is 17.3 Å². The molecule has 21 heavy (non-hydrogen) atoms. The van der Waals surface area contributed by atoms with Crippen LogP contribution in [0.3, 0.4) is 0 Å². The summed E-state index contributed by atoms with van der Waals surface area (Å²) in [5.41, 5.74) is 0.933. The first-order valence-electron chi connectivity index (χ1n) is 6.13. The predicted octanol–water partition coefficient (Wildman–Crippen LogP) is 5.42. The molecule has 2 aromatic carbocycles. The summed E-state index contributed by atoms with van der Waals surface area (Å²) in [5, 5.41) is 3.12. The predicted molar refractivity (Wildman–Crippen MR) is 74.9 cm³/mol. The molecule has 1 nitrogen and oxygen atoms in total. The fraction of sp³-hybridized carbons (Fsp3) is 0.200. The van der Waals surface area contributed by atoms with Crippen molar-refractivity contribution >= 4 is 17.3 Å². The Morgan fingerprint density at radius 2 is 1.81 bits per heavy atom. The highest BCUT2D eigenvalue weighted by Gasteiger charge is 2.30. The lowest BCUT2D eigenvalue weighted by atomic mass is 10.1. The number of rotatable bonds is 3. The van der Waals surface area contributed by atoms with E-state index in [0.29, 0.717) is 16.8 Å². The second-order valence-corrected chi connectivity index (χ2v) is 5.02. The second kappa shape index (κ2) is 5.93. The largest absolute Gasteiger partial charge is 0.416 e. The van der Waals surface area contributed by atoms with Gasteiger partial charge in [-0.2, -0.15) is 13.2 Å². The zero-order chi connectivity index (χ0) is 15.6. The Balaban J connectivity index is 2.19. The van der Waals surface area contributed by atoms with Crippen LogP contribution in [0, 0.1) is 12.7 Å². The first-order chi connectivity index (χ1) is 9.77. The summed E-state index contributed by atoms with van der Waals surface area (Å²) >= 11 is 5.88. The molecular formula is C15H12ClF4N. The third-order valence-corrected chi connectivity index (χ3v) is 3.40. The summed E-state index contributed by atoms with van der Waals surface area (Å²) in [6.07, 6.45) is -4.39. The van der Waals surface area contributed by atoms with Gasteiger partial charge in [0.25, 0.3) is 0 Å². The van der Waals surface area contributed by atoms with Crippen molar-refractivity contribution in [3.05, 3.63) is 63.9 Å². The molecule has 0 heterocycles. The van der Waals surface area contributed by atoms with Gasteiger partial charge < -0.3 is 5.32 Å². The molecule has 0 saturated carbocycles. The molecule has 6 heteroatoms.